The van der Waals surface area contributed by atoms with Gasteiger partial charge in [-0.25, -0.2) is 19.6 Å². The lowest BCUT2D eigenvalue weighted by atomic mass is 10.0. The summed E-state index contributed by atoms with van der Waals surface area (Å²) in [5.41, 5.74) is 36.2. The molecular formula is C62H73N9O4. The topological polar surface area (TPSA) is 188 Å². The third-order valence-electron chi connectivity index (χ3n) is 17.1. The summed E-state index contributed by atoms with van der Waals surface area (Å²) in [5.74, 6) is -0.692. The lowest BCUT2D eigenvalue weighted by Gasteiger charge is -2.02. The fourth-order valence-corrected chi connectivity index (χ4v) is 10.8. The molecule has 0 radical (unpaired) electrons. The predicted molar refractivity (Wildman–Crippen MR) is 306 cm³/mol. The lowest BCUT2D eigenvalue weighted by Crippen LogP contribution is -2.06. The highest BCUT2D eigenvalue weighted by Gasteiger charge is 2.30. The largest absolute Gasteiger partial charge is 0.461 e. The minimum atomic E-state index is -0.348. The second kappa shape index (κ2) is 19.2. The lowest BCUT2D eigenvalue weighted by molar-refractivity contribution is 0.0510. The van der Waals surface area contributed by atoms with Crippen LogP contribution in [0.3, 0.4) is 0 Å². The van der Waals surface area contributed by atoms with Crippen molar-refractivity contribution >= 4 is 35.5 Å². The smallest absolute Gasteiger partial charge is 0.355 e. The number of aromatic amines is 7. The van der Waals surface area contributed by atoms with Crippen LogP contribution >= 0.6 is 0 Å². The Kier molecular flexibility index (Phi) is 13.3. The molecule has 75 heavy (non-hydrogen) atoms. The Morgan fingerprint density at radius 1 is 0.333 bits per heavy atom. The van der Waals surface area contributed by atoms with Crippen molar-refractivity contribution in [2.45, 2.75) is 138 Å². The second-order valence-corrected chi connectivity index (χ2v) is 20.9. The van der Waals surface area contributed by atoms with Gasteiger partial charge in [-0.1, -0.05) is 0 Å². The van der Waals surface area contributed by atoms with E-state index in [0.717, 1.165) is 180 Å². The Morgan fingerprint density at radius 2 is 0.587 bits per heavy atom. The Hall–Kier alpha value is -7.80. The van der Waals surface area contributed by atoms with E-state index in [1.54, 1.807) is 0 Å². The number of allylic oxidation sites excluding steroid dienone is 4. The molecule has 0 unspecified atom stereocenters. The zero-order valence-electron chi connectivity index (χ0n) is 47.6. The van der Waals surface area contributed by atoms with Crippen LogP contribution in [0.2, 0.25) is 0 Å². The van der Waals surface area contributed by atoms with Gasteiger partial charge in [0.25, 0.3) is 0 Å². The van der Waals surface area contributed by atoms with Crippen molar-refractivity contribution in [3.63, 3.8) is 0 Å². The maximum absolute atomic E-state index is 12.8. The van der Waals surface area contributed by atoms with E-state index in [9.17, 15) is 9.59 Å². The molecule has 2 aliphatic heterocycles. The predicted octanol–water partition coefficient (Wildman–Crippen LogP) is 14.7. The van der Waals surface area contributed by atoms with Gasteiger partial charge in [0.2, 0.25) is 0 Å². The van der Waals surface area contributed by atoms with E-state index in [1.165, 1.54) is 11.1 Å². The molecule has 13 heteroatoms. The van der Waals surface area contributed by atoms with Gasteiger partial charge in [-0.3, -0.25) is 0 Å². The highest BCUT2D eigenvalue weighted by molar-refractivity contribution is 6.17. The van der Waals surface area contributed by atoms with Crippen molar-refractivity contribution in [3.05, 3.63) is 146 Å². The number of hydrogen-bond donors (Lipinski definition) is 7. The van der Waals surface area contributed by atoms with Crippen LogP contribution in [0.15, 0.2) is 43.7 Å². The molecule has 0 aliphatic carbocycles. The second-order valence-electron chi connectivity index (χ2n) is 20.9. The van der Waals surface area contributed by atoms with E-state index in [2.05, 4.69) is 144 Å². The number of carbonyl (C=O) groups is 2. The molecule has 0 saturated heterocycles. The SMILES string of the molecule is CCOC(=O)c1[nH]c(-c2[nH]c(C3=N/C(=C\c4[nH]c(-c5[nH]c(C6=N/C(=C\c7[nH]c(-c8[nH]c(-c9[nH]c(C(=O)OCC)c(C)c9C)c(C)c8C)c(C)c7C)C(C)=C6C)c(C)c5C)c(C)c4C)C(C)=C3C)c(C)c2C)c(C)c1C. The van der Waals surface area contributed by atoms with E-state index >= 15 is 0 Å². The maximum Gasteiger partial charge on any atom is 0.355 e. The molecule has 0 saturated carbocycles. The first-order chi connectivity index (χ1) is 35.4. The highest BCUT2D eigenvalue weighted by atomic mass is 16.5. The summed E-state index contributed by atoms with van der Waals surface area (Å²) in [5, 5.41) is 0. The van der Waals surface area contributed by atoms with Gasteiger partial charge in [0.05, 0.1) is 93.0 Å². The van der Waals surface area contributed by atoms with E-state index in [0.29, 0.717) is 24.6 Å². The van der Waals surface area contributed by atoms with E-state index in [1.807, 2.05) is 41.5 Å². The van der Waals surface area contributed by atoms with Gasteiger partial charge in [0.1, 0.15) is 11.4 Å². The molecule has 7 aromatic heterocycles. The summed E-state index contributed by atoms with van der Waals surface area (Å²) in [7, 11) is 0. The van der Waals surface area contributed by atoms with Crippen molar-refractivity contribution in [3.8, 4) is 45.6 Å². The first-order valence-corrected chi connectivity index (χ1v) is 26.1. The fraction of sp³-hybridized carbons (Fsp3) is 0.355. The van der Waals surface area contributed by atoms with Crippen LogP contribution < -0.4 is 0 Å². The molecule has 390 valence electrons. The molecule has 0 spiro atoms. The van der Waals surface area contributed by atoms with E-state index < -0.39 is 0 Å². The summed E-state index contributed by atoms with van der Waals surface area (Å²) in [6.45, 7) is 42.4. The molecule has 0 amide bonds. The van der Waals surface area contributed by atoms with Gasteiger partial charge in [-0.15, -0.1) is 0 Å². The molecule has 2 aliphatic rings. The fourth-order valence-electron chi connectivity index (χ4n) is 10.8. The number of nitrogens with one attached hydrogen (secondary N) is 7. The van der Waals surface area contributed by atoms with Crippen molar-refractivity contribution in [1.29, 1.82) is 0 Å². The average molecular weight is 1010 g/mol. The van der Waals surface area contributed by atoms with Crippen LogP contribution in [0.5, 0.6) is 0 Å². The van der Waals surface area contributed by atoms with Crippen LogP contribution in [0.25, 0.3) is 57.7 Å². The van der Waals surface area contributed by atoms with Crippen LogP contribution in [-0.2, 0) is 9.47 Å². The number of rotatable bonds is 12. The molecular weight excluding hydrogens is 935 g/mol. The van der Waals surface area contributed by atoms with Gasteiger partial charge in [0, 0.05) is 11.4 Å². The van der Waals surface area contributed by atoms with Crippen molar-refractivity contribution in [2.24, 2.45) is 9.98 Å². The standard InChI is InChI=1S/C62H73N9O4/c1-21-74-61(72)59-41(19)39(17)57(70-59)55-37(15)35(13)53(68-55)49-31(9)27(5)45(65-49)23-43-25(3)29(7)47(63-43)51-33(11)34(12)52(67-51)48-30(8)26(4)44(64-48)24-46-28(6)32(10)50(66-46)54-36(14)38(16)56(69-54)58-40(18)42(20)60(71-58)62(73)75-22-2/h23-24,63,66-71H,21-22H2,1-20H3/b44-24-,45-23-. The monoisotopic (exact) mass is 1010 g/mol. The summed E-state index contributed by atoms with van der Waals surface area (Å²) in [4.78, 5) is 61.9. The Bertz CT molecular complexity index is 3800. The first kappa shape index (κ1) is 52.1. The molecule has 0 fully saturated rings. The summed E-state index contributed by atoms with van der Waals surface area (Å²) in [6.07, 6.45) is 4.35. The summed E-state index contributed by atoms with van der Waals surface area (Å²) >= 11 is 0. The van der Waals surface area contributed by atoms with Crippen LogP contribution in [0.4, 0.5) is 0 Å². The highest BCUT2D eigenvalue weighted by Crippen LogP contribution is 2.42. The molecule has 0 bridgehead atoms. The number of aromatic nitrogens is 7. The van der Waals surface area contributed by atoms with Gasteiger partial charge in [-0.2, -0.15) is 0 Å². The van der Waals surface area contributed by atoms with Gasteiger partial charge >= 0.3 is 11.9 Å². The Morgan fingerprint density at radius 3 is 0.907 bits per heavy atom. The molecule has 9 heterocycles. The Labute approximate surface area is 440 Å². The van der Waals surface area contributed by atoms with Crippen LogP contribution in [0, 0.1) is 96.9 Å². The zero-order chi connectivity index (χ0) is 54.5. The normalized spacial score (nSPS) is 15.0. The summed E-state index contributed by atoms with van der Waals surface area (Å²) in [6, 6.07) is 0. The number of hydrogen-bond acceptors (Lipinski definition) is 6. The molecule has 7 aromatic rings. The first-order valence-electron chi connectivity index (χ1n) is 26.1. The molecule has 9 rings (SSSR count). The third kappa shape index (κ3) is 8.22. The maximum atomic E-state index is 12.8. The van der Waals surface area contributed by atoms with Crippen molar-refractivity contribution < 1.29 is 19.1 Å². The van der Waals surface area contributed by atoms with E-state index in [-0.39, 0.29) is 11.9 Å². The van der Waals surface area contributed by atoms with Crippen LogP contribution in [0.1, 0.15) is 163 Å². The van der Waals surface area contributed by atoms with Crippen LogP contribution in [-0.4, -0.2) is 71.5 Å². The number of aliphatic imine (C=N–C) groups is 2. The Balaban J connectivity index is 1.02. The number of nitrogens with zero attached hydrogens (tertiary/aromatic N) is 2. The number of carbonyl (C=O) groups excluding carboxylic acids is 2. The molecule has 13 nitrogen and oxygen atoms in total. The summed E-state index contributed by atoms with van der Waals surface area (Å²) < 4.78 is 10.7. The molecule has 0 atom stereocenters. The average Bonchev–Trinajstić information content (AvgIpc) is 4.28. The van der Waals surface area contributed by atoms with Crippen molar-refractivity contribution in [2.75, 3.05) is 13.2 Å². The third-order valence-corrected chi connectivity index (χ3v) is 17.1. The quantitative estimate of drug-likeness (QED) is 0.0601. The molecule has 7 N–H and O–H groups in total. The van der Waals surface area contributed by atoms with Gasteiger partial charge in [-0.05, 0) is 251 Å². The van der Waals surface area contributed by atoms with Gasteiger partial charge in [0.15, 0.2) is 0 Å². The van der Waals surface area contributed by atoms with Crippen molar-refractivity contribution in [1.82, 2.24) is 34.9 Å². The minimum Gasteiger partial charge on any atom is -0.461 e. The molecule has 0 aromatic carbocycles. The minimum absolute atomic E-state index is 0.315. The van der Waals surface area contributed by atoms with Gasteiger partial charge < -0.3 is 44.4 Å². The number of H-pyrrole nitrogens is 7. The van der Waals surface area contributed by atoms with E-state index in [4.69, 9.17) is 19.5 Å². The number of ether oxygens (including phenoxy) is 2. The zero-order valence-corrected chi connectivity index (χ0v) is 47.6. The number of esters is 2.